The summed E-state index contributed by atoms with van der Waals surface area (Å²) in [5, 5.41) is 1.62. The fourth-order valence-corrected chi connectivity index (χ4v) is 5.66. The van der Waals surface area contributed by atoms with Crippen molar-refractivity contribution in [3.05, 3.63) is 21.4 Å². The molecule has 1 aliphatic heterocycles. The summed E-state index contributed by atoms with van der Waals surface area (Å²) in [6.45, 7) is 1.05. The van der Waals surface area contributed by atoms with E-state index >= 15 is 0 Å². The zero-order valence-corrected chi connectivity index (χ0v) is 14.4. The van der Waals surface area contributed by atoms with E-state index in [4.69, 9.17) is 0 Å². The van der Waals surface area contributed by atoms with Crippen LogP contribution in [-0.4, -0.2) is 44.6 Å². The fourth-order valence-electron chi connectivity index (χ4n) is 3.38. The van der Waals surface area contributed by atoms with Crippen LogP contribution in [0.3, 0.4) is 0 Å². The maximum atomic E-state index is 12.7. The number of nitrogens with zero attached hydrogens (tertiary/aromatic N) is 1. The van der Waals surface area contributed by atoms with Crippen molar-refractivity contribution < 1.29 is 13.2 Å². The number of aryl methyl sites for hydroxylation is 1. The second-order valence-electron chi connectivity index (χ2n) is 6.00. The number of nitrogens with one attached hydrogen (secondary N) is 1. The molecule has 1 aromatic rings. The molecule has 5 nitrogen and oxygen atoms in total. The predicted octanol–water partition coefficient (Wildman–Crippen LogP) is 1.78. The number of carbonyl (C=O) groups excluding carboxylic acids is 1. The molecule has 1 amide bonds. The molecule has 22 heavy (non-hydrogen) atoms. The Morgan fingerprint density at radius 2 is 1.95 bits per heavy atom. The molecule has 1 aliphatic carbocycles. The second-order valence-corrected chi connectivity index (χ2v) is 9.13. The number of piperidine rings is 1. The van der Waals surface area contributed by atoms with Crippen molar-refractivity contribution in [1.82, 2.24) is 9.62 Å². The van der Waals surface area contributed by atoms with E-state index in [1.165, 1.54) is 23.9 Å². The van der Waals surface area contributed by atoms with Gasteiger partial charge in [0.15, 0.2) is 0 Å². The first kappa shape index (κ1) is 16.0. The van der Waals surface area contributed by atoms with Crippen molar-refractivity contribution in [1.29, 1.82) is 0 Å². The Bertz CT molecular complexity index is 658. The molecule has 0 bridgehead atoms. The molecule has 2 aliphatic rings. The van der Waals surface area contributed by atoms with E-state index in [9.17, 15) is 13.2 Å². The van der Waals surface area contributed by atoms with Gasteiger partial charge in [-0.1, -0.05) is 0 Å². The van der Waals surface area contributed by atoms with Gasteiger partial charge in [-0.15, -0.1) is 11.3 Å². The van der Waals surface area contributed by atoms with Crippen LogP contribution in [0.1, 0.15) is 46.5 Å². The molecule has 0 unspecified atom stereocenters. The number of likely N-dealkylation sites (tertiary alicyclic amines) is 1. The van der Waals surface area contributed by atoms with Crippen LogP contribution in [0.15, 0.2) is 5.38 Å². The minimum Gasteiger partial charge on any atom is -0.339 e. The Labute approximate surface area is 135 Å². The molecule has 1 N–H and O–H groups in total. The molecule has 0 saturated carbocycles. The lowest BCUT2D eigenvalue weighted by molar-refractivity contribution is 0.0724. The Kier molecular flexibility index (Phi) is 4.56. The number of carbonyl (C=O) groups is 1. The molecule has 3 rings (SSSR count). The van der Waals surface area contributed by atoms with E-state index < -0.39 is 10.0 Å². The van der Waals surface area contributed by atoms with E-state index in [1.807, 2.05) is 10.3 Å². The highest BCUT2D eigenvalue weighted by molar-refractivity contribution is 7.90. The SMILES string of the molecule is CNS(=O)(=O)C1CCN(C(=O)c2csc3c2CCCC3)CC1. The third-order valence-electron chi connectivity index (χ3n) is 4.74. The molecule has 0 spiro atoms. The molecule has 7 heteroatoms. The van der Waals surface area contributed by atoms with Crippen LogP contribution >= 0.6 is 11.3 Å². The minimum atomic E-state index is -3.22. The highest BCUT2D eigenvalue weighted by Crippen LogP contribution is 2.31. The van der Waals surface area contributed by atoms with Gasteiger partial charge < -0.3 is 4.90 Å². The predicted molar refractivity (Wildman–Crippen MR) is 87.9 cm³/mol. The molecule has 0 radical (unpaired) electrons. The highest BCUT2D eigenvalue weighted by Gasteiger charge is 2.32. The zero-order valence-electron chi connectivity index (χ0n) is 12.8. The van der Waals surface area contributed by atoms with Crippen molar-refractivity contribution >= 4 is 27.3 Å². The molecule has 0 atom stereocenters. The number of fused-ring (bicyclic) bond motifs is 1. The lowest BCUT2D eigenvalue weighted by Gasteiger charge is -2.31. The average molecular weight is 342 g/mol. The summed E-state index contributed by atoms with van der Waals surface area (Å²) in [5.41, 5.74) is 2.10. The van der Waals surface area contributed by atoms with Gasteiger partial charge in [0.2, 0.25) is 10.0 Å². The van der Waals surface area contributed by atoms with Gasteiger partial charge in [-0.25, -0.2) is 13.1 Å². The van der Waals surface area contributed by atoms with Gasteiger partial charge in [-0.3, -0.25) is 4.79 Å². The smallest absolute Gasteiger partial charge is 0.254 e. The number of rotatable bonds is 3. The topological polar surface area (TPSA) is 66.5 Å². The molecule has 0 aromatic carbocycles. The third-order valence-corrected chi connectivity index (χ3v) is 7.75. The number of sulfonamides is 1. The summed E-state index contributed by atoms with van der Waals surface area (Å²) in [5.74, 6) is 0.0831. The van der Waals surface area contributed by atoms with Gasteiger partial charge in [0.1, 0.15) is 0 Å². The van der Waals surface area contributed by atoms with Crippen LogP contribution in [0, 0.1) is 0 Å². The number of amides is 1. The molecule has 122 valence electrons. The van der Waals surface area contributed by atoms with E-state index in [1.54, 1.807) is 11.3 Å². The maximum absolute atomic E-state index is 12.7. The van der Waals surface area contributed by atoms with Crippen LogP contribution in [0.4, 0.5) is 0 Å². The van der Waals surface area contributed by atoms with E-state index in [0.29, 0.717) is 25.9 Å². The molecule has 1 saturated heterocycles. The van der Waals surface area contributed by atoms with Crippen LogP contribution in [0.5, 0.6) is 0 Å². The standard InChI is InChI=1S/C15H22N2O3S2/c1-16-22(19,20)11-6-8-17(9-7-11)15(18)13-10-21-14-5-3-2-4-12(13)14/h10-11,16H,2-9H2,1H3. The molecule has 2 heterocycles. The summed E-state index contributed by atoms with van der Waals surface area (Å²) in [4.78, 5) is 15.9. The van der Waals surface area contributed by atoms with Gasteiger partial charge in [-0.2, -0.15) is 0 Å². The highest BCUT2D eigenvalue weighted by atomic mass is 32.2. The Morgan fingerprint density at radius 3 is 2.64 bits per heavy atom. The largest absolute Gasteiger partial charge is 0.339 e. The Hall–Kier alpha value is -0.920. The summed E-state index contributed by atoms with van der Waals surface area (Å²) in [7, 11) is -1.78. The lowest BCUT2D eigenvalue weighted by Crippen LogP contribution is -2.45. The monoisotopic (exact) mass is 342 g/mol. The Morgan fingerprint density at radius 1 is 1.27 bits per heavy atom. The zero-order chi connectivity index (χ0) is 15.7. The second kappa shape index (κ2) is 6.29. The van der Waals surface area contributed by atoms with Gasteiger partial charge in [0, 0.05) is 23.3 Å². The number of thiophene rings is 1. The van der Waals surface area contributed by atoms with E-state index in [-0.39, 0.29) is 11.2 Å². The number of hydrogen-bond acceptors (Lipinski definition) is 4. The first-order valence-electron chi connectivity index (χ1n) is 7.84. The van der Waals surface area contributed by atoms with Crippen molar-refractivity contribution in [2.75, 3.05) is 20.1 Å². The molecular formula is C15H22N2O3S2. The van der Waals surface area contributed by atoms with Gasteiger partial charge in [-0.05, 0) is 51.1 Å². The van der Waals surface area contributed by atoms with Gasteiger partial charge in [0.25, 0.3) is 5.91 Å². The van der Waals surface area contributed by atoms with Crippen molar-refractivity contribution in [3.8, 4) is 0 Å². The first-order valence-corrected chi connectivity index (χ1v) is 10.3. The molecular weight excluding hydrogens is 320 g/mol. The van der Waals surface area contributed by atoms with Gasteiger partial charge in [0.05, 0.1) is 10.8 Å². The summed E-state index contributed by atoms with van der Waals surface area (Å²) in [6, 6.07) is 0. The molecule has 1 fully saturated rings. The minimum absolute atomic E-state index is 0.0831. The quantitative estimate of drug-likeness (QED) is 0.910. The van der Waals surface area contributed by atoms with Crippen molar-refractivity contribution in [3.63, 3.8) is 0 Å². The van der Waals surface area contributed by atoms with E-state index in [0.717, 1.165) is 24.8 Å². The Balaban J connectivity index is 1.69. The van der Waals surface area contributed by atoms with Crippen LogP contribution in [-0.2, 0) is 22.9 Å². The molecule has 1 aromatic heterocycles. The fraction of sp³-hybridized carbons (Fsp3) is 0.667. The van der Waals surface area contributed by atoms with Crippen molar-refractivity contribution in [2.24, 2.45) is 0 Å². The van der Waals surface area contributed by atoms with Gasteiger partial charge >= 0.3 is 0 Å². The normalized spacial score (nSPS) is 20.0. The lowest BCUT2D eigenvalue weighted by atomic mass is 9.95. The summed E-state index contributed by atoms with van der Waals surface area (Å²) >= 11 is 1.70. The van der Waals surface area contributed by atoms with E-state index in [2.05, 4.69) is 4.72 Å². The maximum Gasteiger partial charge on any atom is 0.254 e. The van der Waals surface area contributed by atoms with Crippen molar-refractivity contribution in [2.45, 2.75) is 43.8 Å². The average Bonchev–Trinajstić information content (AvgIpc) is 2.98. The van der Waals surface area contributed by atoms with Crippen LogP contribution in [0.25, 0.3) is 0 Å². The van der Waals surface area contributed by atoms with Crippen LogP contribution in [0.2, 0.25) is 0 Å². The summed E-state index contributed by atoms with van der Waals surface area (Å²) < 4.78 is 26.1. The first-order chi connectivity index (χ1) is 10.5. The van der Waals surface area contributed by atoms with Crippen LogP contribution < -0.4 is 4.72 Å². The summed E-state index contributed by atoms with van der Waals surface area (Å²) in [6.07, 6.45) is 5.50. The third kappa shape index (κ3) is 2.94. The number of hydrogen-bond donors (Lipinski definition) is 1.